The SMILES string of the molecule is O=C(O)c1ccc(NCC2CCSCC2)cc1Br. The summed E-state index contributed by atoms with van der Waals surface area (Å²) in [4.78, 5) is 10.9. The van der Waals surface area contributed by atoms with Crippen LogP contribution in [0.5, 0.6) is 0 Å². The second-order valence-corrected chi connectivity index (χ2v) is 6.52. The predicted molar refractivity (Wildman–Crippen MR) is 79.6 cm³/mol. The molecule has 1 saturated heterocycles. The van der Waals surface area contributed by atoms with Crippen LogP contribution in [0.25, 0.3) is 0 Å². The first-order valence-electron chi connectivity index (χ1n) is 6.01. The van der Waals surface area contributed by atoms with E-state index in [0.29, 0.717) is 10.0 Å². The number of hydrogen-bond donors (Lipinski definition) is 2. The smallest absolute Gasteiger partial charge is 0.336 e. The van der Waals surface area contributed by atoms with E-state index in [4.69, 9.17) is 5.11 Å². The average Bonchev–Trinajstić information content (AvgIpc) is 2.37. The number of halogens is 1. The molecule has 0 radical (unpaired) electrons. The van der Waals surface area contributed by atoms with Gasteiger partial charge in [-0.15, -0.1) is 0 Å². The highest BCUT2D eigenvalue weighted by molar-refractivity contribution is 9.10. The standard InChI is InChI=1S/C13H16BrNO2S/c14-12-7-10(1-2-11(12)13(16)17)15-8-9-3-5-18-6-4-9/h1-2,7,9,15H,3-6,8H2,(H,16,17). The lowest BCUT2D eigenvalue weighted by molar-refractivity contribution is 0.0696. The van der Waals surface area contributed by atoms with Gasteiger partial charge in [0, 0.05) is 16.7 Å². The van der Waals surface area contributed by atoms with E-state index in [1.54, 1.807) is 6.07 Å². The van der Waals surface area contributed by atoms with E-state index in [1.807, 2.05) is 23.9 Å². The molecule has 1 aliphatic rings. The number of nitrogens with one attached hydrogen (secondary N) is 1. The van der Waals surface area contributed by atoms with Crippen molar-refractivity contribution in [3.63, 3.8) is 0 Å². The van der Waals surface area contributed by atoms with Crippen LogP contribution in [0.4, 0.5) is 5.69 Å². The summed E-state index contributed by atoms with van der Waals surface area (Å²) in [5.41, 5.74) is 1.28. The zero-order valence-corrected chi connectivity index (χ0v) is 12.4. The van der Waals surface area contributed by atoms with Crippen LogP contribution in [-0.2, 0) is 0 Å². The molecule has 0 aliphatic carbocycles. The van der Waals surface area contributed by atoms with Crippen LogP contribution >= 0.6 is 27.7 Å². The third kappa shape index (κ3) is 3.65. The molecule has 1 aromatic rings. The van der Waals surface area contributed by atoms with Gasteiger partial charge in [-0.25, -0.2) is 4.79 Å². The largest absolute Gasteiger partial charge is 0.478 e. The number of aromatic carboxylic acids is 1. The van der Waals surface area contributed by atoms with Gasteiger partial charge in [-0.05, 0) is 64.4 Å². The molecule has 2 rings (SSSR count). The van der Waals surface area contributed by atoms with Gasteiger partial charge in [0.1, 0.15) is 0 Å². The van der Waals surface area contributed by atoms with Gasteiger partial charge in [-0.1, -0.05) is 0 Å². The summed E-state index contributed by atoms with van der Waals surface area (Å²) in [6.07, 6.45) is 2.54. The second-order valence-electron chi connectivity index (χ2n) is 4.44. The number of carboxylic acids is 1. The van der Waals surface area contributed by atoms with Crippen LogP contribution < -0.4 is 5.32 Å². The van der Waals surface area contributed by atoms with Gasteiger partial charge in [-0.2, -0.15) is 11.8 Å². The minimum atomic E-state index is -0.905. The molecule has 18 heavy (non-hydrogen) atoms. The minimum Gasteiger partial charge on any atom is -0.478 e. The van der Waals surface area contributed by atoms with Gasteiger partial charge in [-0.3, -0.25) is 0 Å². The van der Waals surface area contributed by atoms with Crippen molar-refractivity contribution in [3.8, 4) is 0 Å². The first kappa shape index (κ1) is 13.7. The van der Waals surface area contributed by atoms with Crippen LogP contribution in [0.2, 0.25) is 0 Å². The summed E-state index contributed by atoms with van der Waals surface area (Å²) in [5, 5.41) is 12.3. The Labute approximate surface area is 119 Å². The highest BCUT2D eigenvalue weighted by Gasteiger charge is 2.14. The van der Waals surface area contributed by atoms with Crippen molar-refractivity contribution in [1.29, 1.82) is 0 Å². The van der Waals surface area contributed by atoms with Crippen LogP contribution in [0.3, 0.4) is 0 Å². The molecule has 1 aromatic carbocycles. The van der Waals surface area contributed by atoms with E-state index in [2.05, 4.69) is 21.2 Å². The molecule has 0 atom stereocenters. The Morgan fingerprint density at radius 3 is 2.78 bits per heavy atom. The fourth-order valence-corrected chi connectivity index (χ4v) is 3.76. The third-order valence-corrected chi connectivity index (χ3v) is 4.84. The molecule has 0 aromatic heterocycles. The maximum atomic E-state index is 10.9. The summed E-state index contributed by atoms with van der Waals surface area (Å²) in [7, 11) is 0. The van der Waals surface area contributed by atoms with Gasteiger partial charge in [0.15, 0.2) is 0 Å². The van der Waals surface area contributed by atoms with Crippen molar-refractivity contribution in [1.82, 2.24) is 0 Å². The van der Waals surface area contributed by atoms with Gasteiger partial charge in [0.2, 0.25) is 0 Å². The molecule has 0 spiro atoms. The summed E-state index contributed by atoms with van der Waals surface area (Å²) < 4.78 is 0.624. The number of carbonyl (C=O) groups is 1. The summed E-state index contributed by atoms with van der Waals surface area (Å²) in [5.74, 6) is 2.35. The van der Waals surface area contributed by atoms with Crippen LogP contribution in [0.15, 0.2) is 22.7 Å². The molecule has 0 saturated carbocycles. The number of carboxylic acid groups (broad SMARTS) is 1. The Bertz CT molecular complexity index is 433. The van der Waals surface area contributed by atoms with Gasteiger partial charge < -0.3 is 10.4 Å². The minimum absolute atomic E-state index is 0.301. The zero-order valence-electron chi connectivity index (χ0n) is 9.99. The van der Waals surface area contributed by atoms with Crippen molar-refractivity contribution in [2.45, 2.75) is 12.8 Å². The Morgan fingerprint density at radius 1 is 1.44 bits per heavy atom. The molecule has 1 aliphatic heterocycles. The van der Waals surface area contributed by atoms with Gasteiger partial charge >= 0.3 is 5.97 Å². The molecular formula is C13H16BrNO2S. The average molecular weight is 330 g/mol. The Balaban J connectivity index is 1.93. The Morgan fingerprint density at radius 2 is 2.17 bits per heavy atom. The van der Waals surface area contributed by atoms with E-state index in [1.165, 1.54) is 24.3 Å². The molecule has 5 heteroatoms. The summed E-state index contributed by atoms with van der Waals surface area (Å²) >= 11 is 5.32. The summed E-state index contributed by atoms with van der Waals surface area (Å²) in [6, 6.07) is 5.29. The van der Waals surface area contributed by atoms with Crippen molar-refractivity contribution in [3.05, 3.63) is 28.2 Å². The maximum absolute atomic E-state index is 10.9. The van der Waals surface area contributed by atoms with Crippen LogP contribution in [-0.4, -0.2) is 29.1 Å². The molecule has 98 valence electrons. The van der Waals surface area contributed by atoms with Crippen molar-refractivity contribution >= 4 is 39.3 Å². The molecule has 0 bridgehead atoms. The maximum Gasteiger partial charge on any atom is 0.336 e. The molecule has 1 fully saturated rings. The Hall–Kier alpha value is -0.680. The fraction of sp³-hybridized carbons (Fsp3) is 0.462. The van der Waals surface area contributed by atoms with Gasteiger partial charge in [0.25, 0.3) is 0 Å². The number of anilines is 1. The van der Waals surface area contributed by atoms with Crippen molar-refractivity contribution in [2.24, 2.45) is 5.92 Å². The molecule has 3 nitrogen and oxygen atoms in total. The molecule has 0 amide bonds. The van der Waals surface area contributed by atoms with Crippen LogP contribution in [0.1, 0.15) is 23.2 Å². The number of rotatable bonds is 4. The highest BCUT2D eigenvalue weighted by atomic mass is 79.9. The first-order valence-corrected chi connectivity index (χ1v) is 7.96. The molecular weight excluding hydrogens is 314 g/mol. The Kier molecular flexibility index (Phi) is 4.95. The number of hydrogen-bond acceptors (Lipinski definition) is 3. The topological polar surface area (TPSA) is 49.3 Å². The van der Waals surface area contributed by atoms with E-state index >= 15 is 0 Å². The van der Waals surface area contributed by atoms with E-state index in [9.17, 15) is 4.79 Å². The zero-order chi connectivity index (χ0) is 13.0. The number of benzene rings is 1. The highest BCUT2D eigenvalue weighted by Crippen LogP contribution is 2.25. The lowest BCUT2D eigenvalue weighted by Gasteiger charge is -2.22. The first-order chi connectivity index (χ1) is 8.66. The predicted octanol–water partition coefficient (Wildman–Crippen LogP) is 3.70. The third-order valence-electron chi connectivity index (χ3n) is 3.14. The van der Waals surface area contributed by atoms with E-state index in [-0.39, 0.29) is 0 Å². The fourth-order valence-electron chi connectivity index (χ4n) is 2.01. The van der Waals surface area contributed by atoms with Crippen molar-refractivity contribution in [2.75, 3.05) is 23.4 Å². The molecule has 2 N–H and O–H groups in total. The molecule has 0 unspecified atom stereocenters. The molecule has 1 heterocycles. The summed E-state index contributed by atoms with van der Waals surface area (Å²) in [6.45, 7) is 0.972. The normalized spacial score (nSPS) is 16.5. The quantitative estimate of drug-likeness (QED) is 0.884. The van der Waals surface area contributed by atoms with Gasteiger partial charge in [0.05, 0.1) is 5.56 Å². The van der Waals surface area contributed by atoms with Crippen LogP contribution in [0, 0.1) is 5.92 Å². The van der Waals surface area contributed by atoms with Crippen molar-refractivity contribution < 1.29 is 9.90 Å². The lowest BCUT2D eigenvalue weighted by atomic mass is 10.0. The lowest BCUT2D eigenvalue weighted by Crippen LogP contribution is -2.19. The van der Waals surface area contributed by atoms with E-state index in [0.717, 1.165) is 18.2 Å². The monoisotopic (exact) mass is 329 g/mol. The second kappa shape index (κ2) is 6.48. The van der Waals surface area contributed by atoms with E-state index < -0.39 is 5.97 Å². The number of thioether (sulfide) groups is 1.